The lowest BCUT2D eigenvalue weighted by molar-refractivity contribution is -0.150. The Morgan fingerprint density at radius 1 is 1.24 bits per heavy atom. The molecule has 6 nitrogen and oxygen atoms in total. The Hall–Kier alpha value is -2.03. The molecule has 0 rings (SSSR count). The van der Waals surface area contributed by atoms with Crippen LogP contribution in [0.2, 0.25) is 0 Å². The van der Waals surface area contributed by atoms with Gasteiger partial charge in [-0.2, -0.15) is 5.26 Å². The third-order valence-corrected chi connectivity index (χ3v) is 1.62. The zero-order chi connectivity index (χ0) is 13.1. The average Bonchev–Trinajstić information content (AvgIpc) is 2.29. The Bertz CT molecular complexity index is 318. The van der Waals surface area contributed by atoms with Crippen molar-refractivity contribution in [2.45, 2.75) is 19.8 Å². The van der Waals surface area contributed by atoms with E-state index < -0.39 is 11.9 Å². The first kappa shape index (κ1) is 15.0. The molecule has 94 valence electrons. The quantitative estimate of drug-likeness (QED) is 0.272. The first-order valence-electron chi connectivity index (χ1n) is 5.07. The second-order valence-electron chi connectivity index (χ2n) is 3.18. The SMILES string of the molecule is C=C(C)C(=O)OCCOC(=O)CCCOC#N. The lowest BCUT2D eigenvalue weighted by Crippen LogP contribution is -2.14. The van der Waals surface area contributed by atoms with E-state index in [1.54, 1.807) is 0 Å². The largest absolute Gasteiger partial charge is 0.462 e. The van der Waals surface area contributed by atoms with E-state index in [4.69, 9.17) is 14.7 Å². The van der Waals surface area contributed by atoms with Crippen LogP contribution < -0.4 is 0 Å². The molecule has 0 N–H and O–H groups in total. The summed E-state index contributed by atoms with van der Waals surface area (Å²) in [5, 5.41) is 8.06. The van der Waals surface area contributed by atoms with E-state index in [-0.39, 0.29) is 26.2 Å². The van der Waals surface area contributed by atoms with Crippen LogP contribution in [0.25, 0.3) is 0 Å². The fourth-order valence-electron chi connectivity index (χ4n) is 0.820. The van der Waals surface area contributed by atoms with Crippen molar-refractivity contribution < 1.29 is 23.8 Å². The zero-order valence-corrected chi connectivity index (χ0v) is 9.73. The number of carbonyl (C=O) groups excluding carboxylic acids is 2. The lowest BCUT2D eigenvalue weighted by atomic mass is 10.3. The van der Waals surface area contributed by atoms with Crippen molar-refractivity contribution >= 4 is 11.9 Å². The van der Waals surface area contributed by atoms with Crippen LogP contribution in [0, 0.1) is 11.5 Å². The van der Waals surface area contributed by atoms with Gasteiger partial charge in [-0.1, -0.05) is 6.58 Å². The van der Waals surface area contributed by atoms with Crippen molar-refractivity contribution in [1.82, 2.24) is 0 Å². The average molecular weight is 241 g/mol. The lowest BCUT2D eigenvalue weighted by Gasteiger charge is -2.05. The minimum Gasteiger partial charge on any atom is -0.462 e. The van der Waals surface area contributed by atoms with Gasteiger partial charge in [-0.15, -0.1) is 0 Å². The van der Waals surface area contributed by atoms with E-state index in [2.05, 4.69) is 11.3 Å². The van der Waals surface area contributed by atoms with Crippen LogP contribution in [0.5, 0.6) is 0 Å². The van der Waals surface area contributed by atoms with E-state index in [9.17, 15) is 9.59 Å². The highest BCUT2D eigenvalue weighted by atomic mass is 16.6. The third-order valence-electron chi connectivity index (χ3n) is 1.62. The van der Waals surface area contributed by atoms with Gasteiger partial charge in [0.25, 0.3) is 6.26 Å². The number of nitriles is 1. The number of hydrogen-bond donors (Lipinski definition) is 0. The van der Waals surface area contributed by atoms with E-state index in [1.807, 2.05) is 0 Å². The summed E-state index contributed by atoms with van der Waals surface area (Å²) in [4.78, 5) is 22.0. The summed E-state index contributed by atoms with van der Waals surface area (Å²) in [6.07, 6.45) is 2.08. The van der Waals surface area contributed by atoms with Crippen LogP contribution in [0.3, 0.4) is 0 Å². The molecule has 0 fully saturated rings. The van der Waals surface area contributed by atoms with Crippen LogP contribution in [-0.4, -0.2) is 31.8 Å². The summed E-state index contributed by atoms with van der Waals surface area (Å²) in [5.41, 5.74) is 0.296. The van der Waals surface area contributed by atoms with Gasteiger partial charge < -0.3 is 14.2 Å². The maximum absolute atomic E-state index is 11.1. The molecule has 0 atom stereocenters. The molecule has 6 heteroatoms. The van der Waals surface area contributed by atoms with Crippen molar-refractivity contribution in [1.29, 1.82) is 5.26 Å². The molecule has 0 amide bonds. The molecule has 0 saturated carbocycles. The molecule has 0 aliphatic heterocycles. The number of nitrogens with zero attached hydrogens (tertiary/aromatic N) is 1. The molecule has 0 aliphatic carbocycles. The highest BCUT2D eigenvalue weighted by Gasteiger charge is 2.05. The molecule has 0 spiro atoms. The molecule has 0 aromatic heterocycles. The highest BCUT2D eigenvalue weighted by Crippen LogP contribution is 1.95. The second-order valence-corrected chi connectivity index (χ2v) is 3.18. The molecule has 0 aromatic rings. The molecule has 0 aliphatic rings. The number of hydrogen-bond acceptors (Lipinski definition) is 6. The van der Waals surface area contributed by atoms with Crippen molar-refractivity contribution in [2.75, 3.05) is 19.8 Å². The van der Waals surface area contributed by atoms with Gasteiger partial charge in [0.2, 0.25) is 0 Å². The Balaban J connectivity index is 3.43. The number of carbonyl (C=O) groups is 2. The van der Waals surface area contributed by atoms with E-state index in [1.165, 1.54) is 13.2 Å². The minimum atomic E-state index is -0.511. The maximum Gasteiger partial charge on any atom is 0.333 e. The second kappa shape index (κ2) is 9.21. The summed E-state index contributed by atoms with van der Waals surface area (Å²) in [6.45, 7) is 5.14. The van der Waals surface area contributed by atoms with E-state index in [0.29, 0.717) is 12.0 Å². The Morgan fingerprint density at radius 3 is 2.47 bits per heavy atom. The molecule has 0 aromatic carbocycles. The monoisotopic (exact) mass is 241 g/mol. The third kappa shape index (κ3) is 8.93. The maximum atomic E-state index is 11.1. The molecule has 0 bridgehead atoms. The normalized spacial score (nSPS) is 8.94. The van der Waals surface area contributed by atoms with Gasteiger partial charge in [0, 0.05) is 12.0 Å². The molecule has 0 unspecified atom stereocenters. The fourth-order valence-corrected chi connectivity index (χ4v) is 0.820. The van der Waals surface area contributed by atoms with Gasteiger partial charge in [0.05, 0.1) is 0 Å². The van der Waals surface area contributed by atoms with Crippen LogP contribution in [0.15, 0.2) is 12.2 Å². The molecular weight excluding hydrogens is 226 g/mol. The molecule has 0 heterocycles. The fraction of sp³-hybridized carbons (Fsp3) is 0.545. The van der Waals surface area contributed by atoms with Crippen LogP contribution >= 0.6 is 0 Å². The number of rotatable bonds is 8. The minimum absolute atomic E-state index is 0.00608. The molecule has 0 radical (unpaired) electrons. The van der Waals surface area contributed by atoms with Crippen molar-refractivity contribution in [3.05, 3.63) is 12.2 Å². The topological polar surface area (TPSA) is 85.6 Å². The van der Waals surface area contributed by atoms with Gasteiger partial charge in [-0.3, -0.25) is 4.79 Å². The molecule has 17 heavy (non-hydrogen) atoms. The first-order valence-corrected chi connectivity index (χ1v) is 5.07. The summed E-state index contributed by atoms with van der Waals surface area (Å²) >= 11 is 0. The highest BCUT2D eigenvalue weighted by molar-refractivity contribution is 5.86. The first-order chi connectivity index (χ1) is 8.07. The standard InChI is InChI=1S/C11H15NO5/c1-9(2)11(14)17-7-6-16-10(13)4-3-5-15-8-12/h1,3-7H2,2H3. The Kier molecular flexibility index (Phi) is 8.11. The van der Waals surface area contributed by atoms with E-state index >= 15 is 0 Å². The molecular formula is C11H15NO5. The number of ether oxygens (including phenoxy) is 3. The van der Waals surface area contributed by atoms with E-state index in [0.717, 1.165) is 0 Å². The number of esters is 2. The smallest absolute Gasteiger partial charge is 0.333 e. The van der Waals surface area contributed by atoms with Gasteiger partial charge in [-0.25, -0.2) is 4.79 Å². The summed E-state index contributed by atoms with van der Waals surface area (Å²) in [7, 11) is 0. The summed E-state index contributed by atoms with van der Waals surface area (Å²) in [5.74, 6) is -0.929. The summed E-state index contributed by atoms with van der Waals surface area (Å²) in [6, 6.07) is 0. The van der Waals surface area contributed by atoms with Crippen LogP contribution in [0.4, 0.5) is 0 Å². The van der Waals surface area contributed by atoms with Crippen LogP contribution in [0.1, 0.15) is 19.8 Å². The van der Waals surface area contributed by atoms with Gasteiger partial charge >= 0.3 is 11.9 Å². The van der Waals surface area contributed by atoms with Gasteiger partial charge in [0.15, 0.2) is 0 Å². The van der Waals surface area contributed by atoms with Crippen molar-refractivity contribution in [3.8, 4) is 6.26 Å². The van der Waals surface area contributed by atoms with Crippen LogP contribution in [-0.2, 0) is 23.8 Å². The predicted molar refractivity (Wildman–Crippen MR) is 57.5 cm³/mol. The molecule has 0 saturated heterocycles. The van der Waals surface area contributed by atoms with Crippen molar-refractivity contribution in [2.24, 2.45) is 0 Å². The van der Waals surface area contributed by atoms with Gasteiger partial charge in [-0.05, 0) is 13.3 Å². The van der Waals surface area contributed by atoms with Crippen molar-refractivity contribution in [3.63, 3.8) is 0 Å². The Morgan fingerprint density at radius 2 is 1.88 bits per heavy atom. The van der Waals surface area contributed by atoms with Gasteiger partial charge in [0.1, 0.15) is 19.8 Å². The summed E-state index contributed by atoms with van der Waals surface area (Å²) < 4.78 is 13.9. The predicted octanol–water partition coefficient (Wildman–Crippen LogP) is 0.927. The zero-order valence-electron chi connectivity index (χ0n) is 9.73. The Labute approximate surface area is 99.8 Å².